The Bertz CT molecular complexity index is 880. The van der Waals surface area contributed by atoms with Crippen LogP contribution in [-0.2, 0) is 28.8 Å². The van der Waals surface area contributed by atoms with E-state index in [-0.39, 0.29) is 55.1 Å². The summed E-state index contributed by atoms with van der Waals surface area (Å²) in [6, 6.07) is -2.93. The largest absolute Gasteiger partial charge is 0.480 e. The van der Waals surface area contributed by atoms with Gasteiger partial charge in [-0.25, -0.2) is 9.59 Å². The molecule has 252 valence electrons. The van der Waals surface area contributed by atoms with Gasteiger partial charge < -0.3 is 31.4 Å². The van der Waals surface area contributed by atoms with Crippen molar-refractivity contribution in [1.29, 1.82) is 0 Å². The van der Waals surface area contributed by atoms with Crippen LogP contribution >= 0.6 is 12.6 Å². The van der Waals surface area contributed by atoms with Crippen molar-refractivity contribution in [3.63, 3.8) is 0 Å². The normalized spacial score (nSPS) is 13.0. The Morgan fingerprint density at radius 1 is 0.591 bits per heavy atom. The standard InChI is InChI=1S/C30H55BN4O8S/c1-2-3-4-5-6-7-8-9-10-11-12-16-26(37)33-23(29(41)42)18-20-27(38)34-22(28(39)40)17-19-25(36)32-21-14-13-15-24(35-31)30(43)44/h22-24,35H,2-21,31H2,1H3,(H,32,36)(H,33,37)(H,34,38)(H,39,40)(H,41,42)(H,43,44)/t22-,23-,24-/m0/s1. The van der Waals surface area contributed by atoms with Gasteiger partial charge in [0.15, 0.2) is 7.98 Å². The summed E-state index contributed by atoms with van der Waals surface area (Å²) >= 11 is 3.80. The molecule has 0 fully saturated rings. The number of nitrogens with one attached hydrogen (secondary N) is 4. The van der Waals surface area contributed by atoms with E-state index in [1.807, 2.05) is 0 Å². The highest BCUT2D eigenvalue weighted by molar-refractivity contribution is 7.96. The molecule has 0 saturated carbocycles. The summed E-state index contributed by atoms with van der Waals surface area (Å²) in [4.78, 5) is 71.2. The van der Waals surface area contributed by atoms with E-state index in [1.54, 1.807) is 7.98 Å². The molecule has 0 rings (SSSR count). The third-order valence-electron chi connectivity index (χ3n) is 7.48. The van der Waals surface area contributed by atoms with Crippen LogP contribution in [-0.4, -0.2) is 77.6 Å². The number of unbranched alkanes of at least 4 members (excludes halogenated alkanes) is 11. The second-order valence-corrected chi connectivity index (χ2v) is 11.7. The van der Waals surface area contributed by atoms with E-state index in [1.165, 1.54) is 44.9 Å². The Hall–Kier alpha value is -2.61. The van der Waals surface area contributed by atoms with Gasteiger partial charge >= 0.3 is 11.9 Å². The van der Waals surface area contributed by atoms with E-state index < -0.39 is 29.9 Å². The maximum Gasteiger partial charge on any atom is 0.326 e. The summed E-state index contributed by atoms with van der Waals surface area (Å²) in [6.07, 6.45) is 13.9. The molecule has 0 aromatic heterocycles. The van der Waals surface area contributed by atoms with E-state index in [0.717, 1.165) is 19.3 Å². The number of amides is 3. The lowest BCUT2D eigenvalue weighted by Gasteiger charge is -2.17. The lowest BCUT2D eigenvalue weighted by Crippen LogP contribution is -2.44. The fourth-order valence-corrected chi connectivity index (χ4v) is 4.99. The average molecular weight is 643 g/mol. The molecule has 6 N–H and O–H groups in total. The molecular formula is C30H55BN4O8S. The first-order valence-corrected chi connectivity index (χ1v) is 16.7. The fourth-order valence-electron chi connectivity index (χ4n) is 4.73. The number of carbonyl (C=O) groups excluding carboxylic acids is 4. The van der Waals surface area contributed by atoms with Crippen molar-refractivity contribution in [2.75, 3.05) is 6.54 Å². The van der Waals surface area contributed by atoms with Gasteiger partial charge in [0.1, 0.15) is 12.1 Å². The minimum Gasteiger partial charge on any atom is -0.480 e. The first kappa shape index (κ1) is 41.4. The van der Waals surface area contributed by atoms with E-state index in [9.17, 15) is 39.0 Å². The van der Waals surface area contributed by atoms with Crippen molar-refractivity contribution in [3.05, 3.63) is 0 Å². The zero-order valence-electron chi connectivity index (χ0n) is 26.7. The molecule has 0 bridgehead atoms. The van der Waals surface area contributed by atoms with Crippen molar-refractivity contribution in [2.24, 2.45) is 0 Å². The van der Waals surface area contributed by atoms with Crippen LogP contribution in [0.15, 0.2) is 0 Å². The Morgan fingerprint density at radius 3 is 1.50 bits per heavy atom. The number of carboxylic acid groups (broad SMARTS) is 2. The second-order valence-electron chi connectivity index (χ2n) is 11.3. The predicted molar refractivity (Wildman–Crippen MR) is 175 cm³/mol. The molecule has 0 spiro atoms. The number of hydrogen-bond acceptors (Lipinski definition) is 7. The fraction of sp³-hybridized carbons (Fsp3) is 0.800. The minimum absolute atomic E-state index is 0.127. The van der Waals surface area contributed by atoms with Crippen molar-refractivity contribution in [3.8, 4) is 0 Å². The summed E-state index contributed by atoms with van der Waals surface area (Å²) in [7, 11) is 1.67. The second kappa shape index (κ2) is 26.8. The molecule has 0 aliphatic carbocycles. The minimum atomic E-state index is -1.31. The van der Waals surface area contributed by atoms with Crippen LogP contribution in [0.2, 0.25) is 0 Å². The van der Waals surface area contributed by atoms with Crippen LogP contribution in [0.3, 0.4) is 0 Å². The van der Waals surface area contributed by atoms with Gasteiger partial charge in [-0.05, 0) is 38.5 Å². The zero-order chi connectivity index (χ0) is 33.2. The molecule has 0 aliphatic rings. The SMILES string of the molecule is BN[C@@H](CCCCNC(=O)CC[C@H](NC(=O)CC[C@H](NC(=O)CCCCCCCCCCCCC)C(=O)O)C(=O)O)C(=O)S. The average Bonchev–Trinajstić information content (AvgIpc) is 2.97. The highest BCUT2D eigenvalue weighted by Crippen LogP contribution is 2.12. The van der Waals surface area contributed by atoms with Gasteiger partial charge in [-0.1, -0.05) is 71.1 Å². The first-order chi connectivity index (χ1) is 21.0. The molecule has 14 heteroatoms. The molecule has 0 saturated heterocycles. The lowest BCUT2D eigenvalue weighted by atomic mass is 10.0. The van der Waals surface area contributed by atoms with Crippen LogP contribution in [0.25, 0.3) is 0 Å². The monoisotopic (exact) mass is 642 g/mol. The van der Waals surface area contributed by atoms with Crippen molar-refractivity contribution in [1.82, 2.24) is 21.2 Å². The van der Waals surface area contributed by atoms with Crippen LogP contribution in [0.5, 0.6) is 0 Å². The quantitative estimate of drug-likeness (QED) is 0.0365. The van der Waals surface area contributed by atoms with E-state index in [0.29, 0.717) is 32.2 Å². The summed E-state index contributed by atoms with van der Waals surface area (Å²) in [5.74, 6) is -4.01. The van der Waals surface area contributed by atoms with Crippen LogP contribution in [0, 0.1) is 0 Å². The molecule has 12 nitrogen and oxygen atoms in total. The third-order valence-corrected chi connectivity index (χ3v) is 7.79. The molecule has 0 aliphatic heterocycles. The number of carbonyl (C=O) groups is 6. The number of thiol groups is 1. The first-order valence-electron chi connectivity index (χ1n) is 16.2. The summed E-state index contributed by atoms with van der Waals surface area (Å²) in [6.45, 7) is 2.57. The molecular weight excluding hydrogens is 587 g/mol. The summed E-state index contributed by atoms with van der Waals surface area (Å²) in [5, 5.41) is 29.0. The smallest absolute Gasteiger partial charge is 0.326 e. The number of carboxylic acids is 2. The maximum atomic E-state index is 12.4. The predicted octanol–water partition coefficient (Wildman–Crippen LogP) is 2.64. The van der Waals surface area contributed by atoms with Crippen LogP contribution in [0.1, 0.15) is 129 Å². The molecule has 0 aromatic carbocycles. The molecule has 0 radical (unpaired) electrons. The van der Waals surface area contributed by atoms with Crippen LogP contribution in [0.4, 0.5) is 0 Å². The zero-order valence-corrected chi connectivity index (χ0v) is 27.6. The van der Waals surface area contributed by atoms with Crippen molar-refractivity contribution < 1.29 is 39.0 Å². The molecule has 44 heavy (non-hydrogen) atoms. The summed E-state index contributed by atoms with van der Waals surface area (Å²) in [5.41, 5.74) is 0. The van der Waals surface area contributed by atoms with Gasteiger partial charge in [0.2, 0.25) is 22.8 Å². The Balaban J connectivity index is 4.26. The van der Waals surface area contributed by atoms with E-state index >= 15 is 0 Å². The van der Waals surface area contributed by atoms with Gasteiger partial charge in [0.05, 0.1) is 6.04 Å². The number of aliphatic carboxylic acids is 2. The van der Waals surface area contributed by atoms with Gasteiger partial charge in [-0.3, -0.25) is 19.2 Å². The highest BCUT2D eigenvalue weighted by Gasteiger charge is 2.24. The summed E-state index contributed by atoms with van der Waals surface area (Å²) < 4.78 is 0. The van der Waals surface area contributed by atoms with Crippen LogP contribution < -0.4 is 21.2 Å². The molecule has 0 aromatic rings. The van der Waals surface area contributed by atoms with Gasteiger partial charge in [0, 0.05) is 25.8 Å². The highest BCUT2D eigenvalue weighted by atomic mass is 32.1. The molecule has 3 atom stereocenters. The van der Waals surface area contributed by atoms with E-state index in [2.05, 4.69) is 40.7 Å². The van der Waals surface area contributed by atoms with Gasteiger partial charge in [-0.15, -0.1) is 12.6 Å². The Kier molecular flexibility index (Phi) is 25.2. The number of rotatable bonds is 29. The number of hydrogen-bond donors (Lipinski definition) is 7. The molecule has 0 unspecified atom stereocenters. The third kappa shape index (κ3) is 22.9. The topological polar surface area (TPSA) is 191 Å². The van der Waals surface area contributed by atoms with Crippen molar-refractivity contribution >= 4 is 55.4 Å². The van der Waals surface area contributed by atoms with E-state index in [4.69, 9.17) is 0 Å². The lowest BCUT2D eigenvalue weighted by molar-refractivity contribution is -0.143. The Labute approximate surface area is 268 Å². The Morgan fingerprint density at radius 2 is 1.05 bits per heavy atom. The molecule has 0 heterocycles. The maximum absolute atomic E-state index is 12.4. The van der Waals surface area contributed by atoms with Crippen molar-refractivity contribution in [2.45, 2.75) is 147 Å². The van der Waals surface area contributed by atoms with Gasteiger partial charge in [0.25, 0.3) is 0 Å². The van der Waals surface area contributed by atoms with Gasteiger partial charge in [-0.2, -0.15) is 0 Å². The molecule has 3 amide bonds.